The van der Waals surface area contributed by atoms with E-state index in [9.17, 15) is 9.59 Å². The number of benzene rings is 1. The number of carbonyl (C=O) groups is 2. The fraction of sp³-hybridized carbons (Fsp3) is 0.333. The van der Waals surface area contributed by atoms with Gasteiger partial charge in [0.2, 0.25) is 0 Å². The smallest absolute Gasteiger partial charge is 0.253 e. The van der Waals surface area contributed by atoms with Crippen LogP contribution in [0.1, 0.15) is 32.1 Å². The zero-order valence-electron chi connectivity index (χ0n) is 12.5. The lowest BCUT2D eigenvalue weighted by molar-refractivity contribution is -0.140. The Hall–Kier alpha value is -2.36. The van der Waals surface area contributed by atoms with Gasteiger partial charge in [-0.2, -0.15) is 0 Å². The molecule has 1 aliphatic carbocycles. The quantitative estimate of drug-likeness (QED) is 0.820. The summed E-state index contributed by atoms with van der Waals surface area (Å²) in [5.74, 6) is -0.256. The largest absolute Gasteiger partial charge is 0.361 e. The molecule has 114 valence electrons. The molecule has 1 fully saturated rings. The summed E-state index contributed by atoms with van der Waals surface area (Å²) in [6, 6.07) is 10.5. The summed E-state index contributed by atoms with van der Waals surface area (Å²) in [5.41, 5.74) is 1.21. The van der Waals surface area contributed by atoms with Crippen LogP contribution in [0.25, 0.3) is 10.9 Å². The highest BCUT2D eigenvalue weighted by Crippen LogP contribution is 2.24. The second-order valence-corrected chi connectivity index (χ2v) is 5.74. The molecule has 1 aromatic carbocycles. The van der Waals surface area contributed by atoms with Gasteiger partial charge in [0.1, 0.15) is 0 Å². The first-order valence-corrected chi connectivity index (χ1v) is 7.83. The van der Waals surface area contributed by atoms with E-state index in [0.29, 0.717) is 0 Å². The summed E-state index contributed by atoms with van der Waals surface area (Å²) in [5, 5.41) is 1.28. The molecule has 1 aromatic heterocycles. The van der Waals surface area contributed by atoms with Crippen molar-refractivity contribution in [1.29, 1.82) is 0 Å². The topological polar surface area (TPSA) is 53.2 Å². The van der Waals surface area contributed by atoms with Gasteiger partial charge in [0.25, 0.3) is 11.8 Å². The first kappa shape index (κ1) is 14.6. The zero-order chi connectivity index (χ0) is 15.4. The number of aromatic amines is 1. The summed E-state index contributed by atoms with van der Waals surface area (Å²) in [6.45, 7) is 0. The van der Waals surface area contributed by atoms with Crippen molar-refractivity contribution in [2.45, 2.75) is 38.1 Å². The molecule has 2 amide bonds. The molecule has 1 saturated carbocycles. The summed E-state index contributed by atoms with van der Waals surface area (Å²) >= 11 is 0. The number of aromatic nitrogens is 1. The zero-order valence-corrected chi connectivity index (χ0v) is 12.5. The van der Waals surface area contributed by atoms with E-state index in [-0.39, 0.29) is 17.9 Å². The average molecular weight is 296 g/mol. The highest BCUT2D eigenvalue weighted by atomic mass is 16.2. The van der Waals surface area contributed by atoms with E-state index in [2.05, 4.69) is 23.2 Å². The minimum absolute atomic E-state index is 0.128. The molecule has 2 aromatic rings. The fourth-order valence-corrected chi connectivity index (χ4v) is 3.11. The van der Waals surface area contributed by atoms with Gasteiger partial charge >= 0.3 is 0 Å². The highest BCUT2D eigenvalue weighted by molar-refractivity contribution is 6.13. The van der Waals surface area contributed by atoms with Crippen LogP contribution >= 0.6 is 0 Å². The van der Waals surface area contributed by atoms with Crippen LogP contribution in [0.3, 0.4) is 0 Å². The molecule has 0 saturated heterocycles. The third kappa shape index (κ3) is 3.11. The van der Waals surface area contributed by atoms with E-state index >= 15 is 0 Å². The number of carbonyl (C=O) groups excluding carboxylic acids is 2. The molecule has 2 heterocycles. The molecule has 4 nitrogen and oxygen atoms in total. The maximum atomic E-state index is 11.3. The Bertz CT molecular complexity index is 648. The number of amides is 2. The molecule has 0 radical (unpaired) electrons. The first-order chi connectivity index (χ1) is 10.8. The van der Waals surface area contributed by atoms with Crippen molar-refractivity contribution in [3.63, 3.8) is 0 Å². The van der Waals surface area contributed by atoms with Gasteiger partial charge in [0, 0.05) is 29.9 Å². The van der Waals surface area contributed by atoms with Crippen LogP contribution in [0.5, 0.6) is 0 Å². The van der Waals surface area contributed by atoms with Crippen molar-refractivity contribution >= 4 is 22.7 Å². The number of rotatable bonds is 1. The number of hydrogen-bond donors (Lipinski definition) is 1. The molecular weight excluding hydrogens is 276 g/mol. The molecule has 2 aliphatic rings. The number of para-hydroxylation sites is 1. The van der Waals surface area contributed by atoms with Crippen LogP contribution in [0, 0.1) is 0 Å². The maximum Gasteiger partial charge on any atom is 0.253 e. The van der Waals surface area contributed by atoms with Gasteiger partial charge in [-0.1, -0.05) is 37.5 Å². The van der Waals surface area contributed by atoms with Gasteiger partial charge < -0.3 is 4.98 Å². The Morgan fingerprint density at radius 3 is 2.27 bits per heavy atom. The molecule has 4 rings (SSSR count). The van der Waals surface area contributed by atoms with E-state index in [1.165, 1.54) is 34.4 Å². The lowest BCUT2D eigenvalue weighted by atomic mass is 9.94. The van der Waals surface area contributed by atoms with E-state index in [0.717, 1.165) is 25.7 Å². The van der Waals surface area contributed by atoms with Crippen LogP contribution in [-0.4, -0.2) is 27.7 Å². The number of imide groups is 1. The third-order valence-corrected chi connectivity index (χ3v) is 4.25. The van der Waals surface area contributed by atoms with Gasteiger partial charge in [0.05, 0.1) is 0 Å². The SMILES string of the molecule is O=C1C=CC(=O)N1C1CCCCC1.c1ccc2[nH]ccc2c1. The highest BCUT2D eigenvalue weighted by Gasteiger charge is 2.31. The van der Waals surface area contributed by atoms with E-state index in [1.54, 1.807) is 0 Å². The lowest BCUT2D eigenvalue weighted by Crippen LogP contribution is -2.41. The Kier molecular flexibility index (Phi) is 4.37. The van der Waals surface area contributed by atoms with Crippen LogP contribution in [0.2, 0.25) is 0 Å². The number of fused-ring (bicyclic) bond motifs is 1. The summed E-state index contributed by atoms with van der Waals surface area (Å²) in [7, 11) is 0. The number of H-pyrrole nitrogens is 1. The van der Waals surface area contributed by atoms with E-state index < -0.39 is 0 Å². The van der Waals surface area contributed by atoms with Crippen LogP contribution < -0.4 is 0 Å². The van der Waals surface area contributed by atoms with Crippen molar-refractivity contribution in [3.05, 3.63) is 48.7 Å². The normalized spacial score (nSPS) is 18.6. The van der Waals surface area contributed by atoms with E-state index in [4.69, 9.17) is 0 Å². The van der Waals surface area contributed by atoms with Crippen LogP contribution in [-0.2, 0) is 9.59 Å². The number of nitrogens with one attached hydrogen (secondary N) is 1. The molecule has 22 heavy (non-hydrogen) atoms. The summed E-state index contributed by atoms with van der Waals surface area (Å²) in [6.07, 6.45) is 10.2. The lowest BCUT2D eigenvalue weighted by Gasteiger charge is -2.29. The molecule has 1 N–H and O–H groups in total. The summed E-state index contributed by atoms with van der Waals surface area (Å²) < 4.78 is 0. The fourth-order valence-electron chi connectivity index (χ4n) is 3.11. The van der Waals surface area contributed by atoms with Gasteiger partial charge in [-0.05, 0) is 30.4 Å². The van der Waals surface area contributed by atoms with Crippen LogP contribution in [0.15, 0.2) is 48.7 Å². The van der Waals surface area contributed by atoms with Crippen LogP contribution in [0.4, 0.5) is 0 Å². The minimum Gasteiger partial charge on any atom is -0.361 e. The molecule has 1 aliphatic heterocycles. The van der Waals surface area contributed by atoms with Gasteiger partial charge in [0.15, 0.2) is 0 Å². The van der Waals surface area contributed by atoms with Gasteiger partial charge in [-0.15, -0.1) is 0 Å². The first-order valence-electron chi connectivity index (χ1n) is 7.83. The molecule has 4 heteroatoms. The third-order valence-electron chi connectivity index (χ3n) is 4.25. The van der Waals surface area contributed by atoms with Gasteiger partial charge in [-0.3, -0.25) is 14.5 Å². The Morgan fingerprint density at radius 2 is 1.59 bits per heavy atom. The van der Waals surface area contributed by atoms with Gasteiger partial charge in [-0.25, -0.2) is 0 Å². The van der Waals surface area contributed by atoms with E-state index in [1.807, 2.05) is 18.3 Å². The molecule has 0 unspecified atom stereocenters. The Balaban J connectivity index is 0.000000139. The standard InChI is InChI=1S/C10H13NO2.C8H7N/c12-9-6-7-10(13)11(9)8-4-2-1-3-5-8;1-2-4-8-7(3-1)5-6-9-8/h6-8H,1-5H2;1-6,9H. The second kappa shape index (κ2) is 6.60. The monoisotopic (exact) mass is 296 g/mol. The average Bonchev–Trinajstić information content (AvgIpc) is 3.15. The molecule has 0 bridgehead atoms. The molecule has 0 atom stereocenters. The number of hydrogen-bond acceptors (Lipinski definition) is 2. The maximum absolute atomic E-state index is 11.3. The predicted octanol–water partition coefficient (Wildman–Crippen LogP) is 3.41. The van der Waals surface area contributed by atoms with Crippen molar-refractivity contribution < 1.29 is 9.59 Å². The van der Waals surface area contributed by atoms with Crippen molar-refractivity contribution in [2.24, 2.45) is 0 Å². The van der Waals surface area contributed by atoms with Crippen molar-refractivity contribution in [3.8, 4) is 0 Å². The Labute approximate surface area is 129 Å². The Morgan fingerprint density at radius 1 is 0.909 bits per heavy atom. The predicted molar refractivity (Wildman–Crippen MR) is 86.2 cm³/mol. The second-order valence-electron chi connectivity index (χ2n) is 5.74. The molecular formula is C18H20N2O2. The minimum atomic E-state index is -0.128. The molecule has 0 spiro atoms. The summed E-state index contributed by atoms with van der Waals surface area (Å²) in [4.78, 5) is 27.1. The van der Waals surface area contributed by atoms with Crippen molar-refractivity contribution in [1.82, 2.24) is 9.88 Å². The number of nitrogens with zero attached hydrogens (tertiary/aromatic N) is 1. The van der Waals surface area contributed by atoms with Crippen molar-refractivity contribution in [2.75, 3.05) is 0 Å².